The molecule has 0 saturated carbocycles. The van der Waals surface area contributed by atoms with Gasteiger partial charge in [0, 0.05) is 11.3 Å². The van der Waals surface area contributed by atoms with Gasteiger partial charge in [0.25, 0.3) is 5.91 Å². The van der Waals surface area contributed by atoms with E-state index in [0.29, 0.717) is 16.4 Å². The van der Waals surface area contributed by atoms with Gasteiger partial charge in [-0.2, -0.15) is 0 Å². The Kier molecular flexibility index (Phi) is 6.14. The number of ether oxygens (including phenoxy) is 1. The maximum absolute atomic E-state index is 12.1. The molecule has 3 N–H and O–H groups in total. The van der Waals surface area contributed by atoms with Crippen LogP contribution >= 0.6 is 12.2 Å². The molecule has 0 saturated heterocycles. The van der Waals surface area contributed by atoms with Gasteiger partial charge in [0.15, 0.2) is 5.11 Å². The molecular weight excluding hydrogens is 322 g/mol. The van der Waals surface area contributed by atoms with Crippen LogP contribution in [0.2, 0.25) is 0 Å². The van der Waals surface area contributed by atoms with Crippen LogP contribution in [-0.4, -0.2) is 18.1 Å². The number of amides is 1. The van der Waals surface area contributed by atoms with E-state index in [1.54, 1.807) is 31.4 Å². The lowest BCUT2D eigenvalue weighted by Gasteiger charge is -2.16. The van der Waals surface area contributed by atoms with Gasteiger partial charge in [0.2, 0.25) is 0 Å². The lowest BCUT2D eigenvalue weighted by molar-refractivity contribution is 0.0944. The zero-order valence-electron chi connectivity index (χ0n) is 14.0. The molecule has 6 heteroatoms. The van der Waals surface area contributed by atoms with E-state index in [0.717, 1.165) is 17.7 Å². The van der Waals surface area contributed by atoms with Gasteiger partial charge >= 0.3 is 0 Å². The highest BCUT2D eigenvalue weighted by atomic mass is 32.1. The Morgan fingerprint density at radius 3 is 2.46 bits per heavy atom. The fourth-order valence-corrected chi connectivity index (χ4v) is 2.43. The Labute approximate surface area is 147 Å². The summed E-state index contributed by atoms with van der Waals surface area (Å²) in [4.78, 5) is 12.1. The molecule has 126 valence electrons. The average molecular weight is 343 g/mol. The van der Waals surface area contributed by atoms with Gasteiger partial charge in [-0.15, -0.1) is 0 Å². The number of anilines is 1. The fraction of sp³-hybridized carbons (Fsp3) is 0.222. The van der Waals surface area contributed by atoms with Crippen molar-refractivity contribution in [1.82, 2.24) is 10.9 Å². The van der Waals surface area contributed by atoms with Gasteiger partial charge in [-0.05, 0) is 61.0 Å². The summed E-state index contributed by atoms with van der Waals surface area (Å²) in [6.45, 7) is 4.10. The third kappa shape index (κ3) is 4.45. The monoisotopic (exact) mass is 343 g/mol. The number of methoxy groups -OCH3 is 1. The lowest BCUT2D eigenvalue weighted by atomic mass is 10.1. The molecule has 2 aromatic carbocycles. The fourth-order valence-electron chi connectivity index (χ4n) is 2.27. The number of carbonyl (C=O) groups excluding carboxylic acids is 1. The average Bonchev–Trinajstić information content (AvgIpc) is 2.61. The van der Waals surface area contributed by atoms with E-state index in [1.807, 2.05) is 25.1 Å². The molecule has 5 nitrogen and oxygen atoms in total. The third-order valence-corrected chi connectivity index (χ3v) is 3.82. The summed E-state index contributed by atoms with van der Waals surface area (Å²) in [5.74, 6) is 0.422. The van der Waals surface area contributed by atoms with Crippen LogP contribution in [0, 0.1) is 6.92 Å². The maximum atomic E-state index is 12.1. The first-order valence-electron chi connectivity index (χ1n) is 7.65. The minimum Gasteiger partial charge on any atom is -0.497 e. The van der Waals surface area contributed by atoms with Crippen LogP contribution < -0.4 is 20.9 Å². The van der Waals surface area contributed by atoms with Crippen molar-refractivity contribution in [3.63, 3.8) is 0 Å². The maximum Gasteiger partial charge on any atom is 0.269 e. The van der Waals surface area contributed by atoms with Crippen molar-refractivity contribution < 1.29 is 9.53 Å². The standard InChI is InChI=1S/C18H21N3O2S/c1-4-13-7-5-6-12(2)16(13)19-18(24)21-20-17(22)14-8-10-15(23-3)11-9-14/h5-11H,4H2,1-3H3,(H,20,22)(H2,19,21,24). The number of hydrogen-bond acceptors (Lipinski definition) is 3. The Morgan fingerprint density at radius 2 is 1.83 bits per heavy atom. The van der Waals surface area contributed by atoms with Gasteiger partial charge < -0.3 is 10.1 Å². The molecule has 0 aromatic heterocycles. The highest BCUT2D eigenvalue weighted by molar-refractivity contribution is 7.80. The van der Waals surface area contributed by atoms with E-state index in [9.17, 15) is 4.79 Å². The largest absolute Gasteiger partial charge is 0.497 e. The number of thiocarbonyl (C=S) groups is 1. The van der Waals surface area contributed by atoms with Crippen molar-refractivity contribution in [2.24, 2.45) is 0 Å². The van der Waals surface area contributed by atoms with Crippen LogP contribution in [0.3, 0.4) is 0 Å². The Balaban J connectivity index is 1.94. The quantitative estimate of drug-likeness (QED) is 0.588. The highest BCUT2D eigenvalue weighted by Crippen LogP contribution is 2.20. The smallest absolute Gasteiger partial charge is 0.269 e. The molecule has 0 aliphatic heterocycles. The number of nitrogens with one attached hydrogen (secondary N) is 3. The van der Waals surface area contributed by atoms with Gasteiger partial charge in [0.1, 0.15) is 5.75 Å². The second-order valence-electron chi connectivity index (χ2n) is 5.22. The lowest BCUT2D eigenvalue weighted by Crippen LogP contribution is -2.43. The van der Waals surface area contributed by atoms with Gasteiger partial charge in [-0.3, -0.25) is 15.6 Å². The first-order chi connectivity index (χ1) is 11.5. The van der Waals surface area contributed by atoms with E-state index in [1.165, 1.54) is 5.56 Å². The summed E-state index contributed by atoms with van der Waals surface area (Å²) in [7, 11) is 1.58. The molecule has 0 bridgehead atoms. The van der Waals surface area contributed by atoms with E-state index >= 15 is 0 Å². The van der Waals surface area contributed by atoms with Crippen molar-refractivity contribution >= 4 is 28.9 Å². The molecule has 0 aliphatic rings. The second kappa shape index (κ2) is 8.31. The van der Waals surface area contributed by atoms with Crippen molar-refractivity contribution in [3.8, 4) is 5.75 Å². The van der Waals surface area contributed by atoms with Crippen LogP contribution in [0.5, 0.6) is 5.75 Å². The SMILES string of the molecule is CCc1cccc(C)c1NC(=S)NNC(=O)c1ccc(OC)cc1. The topological polar surface area (TPSA) is 62.4 Å². The Hall–Kier alpha value is -2.60. The first kappa shape index (κ1) is 17.7. The van der Waals surface area contributed by atoms with Crippen LogP contribution in [0.1, 0.15) is 28.4 Å². The Morgan fingerprint density at radius 1 is 1.12 bits per heavy atom. The summed E-state index contributed by atoms with van der Waals surface area (Å²) < 4.78 is 5.07. The molecule has 0 fully saturated rings. The summed E-state index contributed by atoms with van der Waals surface area (Å²) >= 11 is 5.25. The van der Waals surface area contributed by atoms with Crippen molar-refractivity contribution in [1.29, 1.82) is 0 Å². The number of para-hydroxylation sites is 1. The number of aryl methyl sites for hydroxylation is 2. The molecule has 2 aromatic rings. The molecular formula is C18H21N3O2S. The summed E-state index contributed by atoms with van der Waals surface area (Å²) in [6.07, 6.45) is 0.894. The molecule has 1 amide bonds. The zero-order valence-corrected chi connectivity index (χ0v) is 14.8. The molecule has 0 unspecified atom stereocenters. The molecule has 0 atom stereocenters. The van der Waals surface area contributed by atoms with Crippen molar-refractivity contribution in [3.05, 3.63) is 59.2 Å². The van der Waals surface area contributed by atoms with E-state index in [4.69, 9.17) is 17.0 Å². The second-order valence-corrected chi connectivity index (χ2v) is 5.63. The van der Waals surface area contributed by atoms with Crippen LogP contribution in [0.4, 0.5) is 5.69 Å². The van der Waals surface area contributed by atoms with Crippen LogP contribution in [-0.2, 0) is 6.42 Å². The van der Waals surface area contributed by atoms with Gasteiger partial charge in [-0.1, -0.05) is 25.1 Å². The first-order valence-corrected chi connectivity index (χ1v) is 8.05. The number of benzene rings is 2. The normalized spacial score (nSPS) is 9.96. The van der Waals surface area contributed by atoms with E-state index in [-0.39, 0.29) is 5.91 Å². The predicted molar refractivity (Wildman–Crippen MR) is 100 cm³/mol. The van der Waals surface area contributed by atoms with E-state index < -0.39 is 0 Å². The number of rotatable bonds is 4. The number of carbonyl (C=O) groups is 1. The highest BCUT2D eigenvalue weighted by Gasteiger charge is 2.08. The van der Waals surface area contributed by atoms with Crippen molar-refractivity contribution in [2.75, 3.05) is 12.4 Å². The zero-order chi connectivity index (χ0) is 17.5. The molecule has 24 heavy (non-hydrogen) atoms. The molecule has 0 radical (unpaired) electrons. The van der Waals surface area contributed by atoms with Crippen molar-refractivity contribution in [2.45, 2.75) is 20.3 Å². The molecule has 0 spiro atoms. The minimum absolute atomic E-state index is 0.276. The summed E-state index contributed by atoms with van der Waals surface area (Å²) in [5.41, 5.74) is 9.05. The number of hydrazine groups is 1. The molecule has 0 heterocycles. The summed E-state index contributed by atoms with van der Waals surface area (Å²) in [6, 6.07) is 12.9. The minimum atomic E-state index is -0.276. The van der Waals surface area contributed by atoms with Gasteiger partial charge in [-0.25, -0.2) is 0 Å². The number of hydrogen-bond donors (Lipinski definition) is 3. The molecule has 0 aliphatic carbocycles. The van der Waals surface area contributed by atoms with Crippen LogP contribution in [0.15, 0.2) is 42.5 Å². The van der Waals surface area contributed by atoms with E-state index in [2.05, 4.69) is 23.1 Å². The van der Waals surface area contributed by atoms with Gasteiger partial charge in [0.05, 0.1) is 7.11 Å². The summed E-state index contributed by atoms with van der Waals surface area (Å²) in [5, 5.41) is 3.47. The molecule has 2 rings (SSSR count). The Bertz CT molecular complexity index is 730. The predicted octanol–water partition coefficient (Wildman–Crippen LogP) is 3.20. The third-order valence-electron chi connectivity index (χ3n) is 3.62. The van der Waals surface area contributed by atoms with Crippen LogP contribution in [0.25, 0.3) is 0 Å².